The van der Waals surface area contributed by atoms with Gasteiger partial charge in [0.2, 0.25) is 5.95 Å². The van der Waals surface area contributed by atoms with Gasteiger partial charge in [-0.15, -0.1) is 0 Å². The Hall–Kier alpha value is -7.64. The summed E-state index contributed by atoms with van der Waals surface area (Å²) in [6.45, 7) is 3.85. The van der Waals surface area contributed by atoms with Gasteiger partial charge in [0.25, 0.3) is 0 Å². The zero-order chi connectivity index (χ0) is 38.3. The van der Waals surface area contributed by atoms with Gasteiger partial charge in [-0.2, -0.15) is 9.97 Å². The lowest BCUT2D eigenvalue weighted by atomic mass is 9.95. The van der Waals surface area contributed by atoms with Gasteiger partial charge in [0.1, 0.15) is 11.6 Å². The van der Waals surface area contributed by atoms with Crippen LogP contribution in [0.15, 0.2) is 176 Å². The first-order valence-electron chi connectivity index (χ1n) is 19.0. The first-order valence-corrected chi connectivity index (χ1v) is 19.0. The van der Waals surface area contributed by atoms with Gasteiger partial charge in [0, 0.05) is 27.5 Å². The Morgan fingerprint density at radius 3 is 1.49 bits per heavy atom. The Morgan fingerprint density at radius 1 is 0.298 bits per heavy atom. The first kappa shape index (κ1) is 33.9. The van der Waals surface area contributed by atoms with Crippen LogP contribution >= 0.6 is 0 Å². The van der Waals surface area contributed by atoms with Crippen LogP contribution in [0.25, 0.3) is 95.3 Å². The summed E-state index contributed by atoms with van der Waals surface area (Å²) >= 11 is 0. The van der Waals surface area contributed by atoms with Crippen molar-refractivity contribution in [2.45, 2.75) is 13.8 Å². The summed E-state index contributed by atoms with van der Waals surface area (Å²) in [5, 5.41) is 2.22. The molecule has 3 heterocycles. The van der Waals surface area contributed by atoms with Gasteiger partial charge < -0.3 is 0 Å². The van der Waals surface area contributed by atoms with Crippen LogP contribution < -0.4 is 0 Å². The van der Waals surface area contributed by atoms with Crippen molar-refractivity contribution in [3.8, 4) is 73.5 Å². The molecule has 10 rings (SSSR count). The fraction of sp³-hybridized carbons (Fsp3) is 0.0400. The number of hydrogen-bond acceptors (Lipinski definition) is 6. The molecule has 0 saturated carbocycles. The minimum absolute atomic E-state index is 0.587. The summed E-state index contributed by atoms with van der Waals surface area (Å²) in [5.41, 5.74) is 11.4. The van der Waals surface area contributed by atoms with Gasteiger partial charge in [0.05, 0.1) is 11.0 Å². The Labute approximate surface area is 330 Å². The van der Waals surface area contributed by atoms with E-state index in [1.54, 1.807) is 0 Å². The summed E-state index contributed by atoms with van der Waals surface area (Å²) in [6, 6.07) is 60.9. The molecule has 0 amide bonds. The minimum Gasteiger partial charge on any atom is -0.278 e. The van der Waals surface area contributed by atoms with Crippen LogP contribution in [0.1, 0.15) is 11.6 Å². The second kappa shape index (κ2) is 14.2. The molecule has 57 heavy (non-hydrogen) atoms. The third-order valence-electron chi connectivity index (χ3n) is 10.2. The summed E-state index contributed by atoms with van der Waals surface area (Å²) < 4.78 is 2.14. The molecule has 0 fully saturated rings. The van der Waals surface area contributed by atoms with Crippen molar-refractivity contribution in [2.24, 2.45) is 0 Å². The van der Waals surface area contributed by atoms with E-state index in [0.717, 1.165) is 71.9 Å². The first-order chi connectivity index (χ1) is 28.0. The minimum atomic E-state index is 0.587. The molecule has 0 bridgehead atoms. The van der Waals surface area contributed by atoms with Crippen LogP contribution in [0.2, 0.25) is 0 Å². The molecule has 7 aromatic carbocycles. The highest BCUT2D eigenvalue weighted by Gasteiger charge is 2.18. The van der Waals surface area contributed by atoms with E-state index in [1.165, 1.54) is 0 Å². The molecule has 3 aromatic heterocycles. The predicted octanol–water partition coefficient (Wildman–Crippen LogP) is 11.8. The normalized spacial score (nSPS) is 11.3. The highest BCUT2D eigenvalue weighted by atomic mass is 15.2. The zero-order valence-electron chi connectivity index (χ0n) is 31.4. The van der Waals surface area contributed by atoms with E-state index < -0.39 is 0 Å². The summed E-state index contributed by atoms with van der Waals surface area (Å²) in [5.74, 6) is 3.81. The van der Waals surface area contributed by atoms with Crippen LogP contribution in [0.4, 0.5) is 0 Å². The number of para-hydroxylation sites is 1. The number of rotatable bonds is 7. The summed E-state index contributed by atoms with van der Waals surface area (Å²) in [4.78, 5) is 29.3. The average Bonchev–Trinajstić information content (AvgIpc) is 3.60. The van der Waals surface area contributed by atoms with Crippen molar-refractivity contribution in [2.75, 3.05) is 0 Å². The van der Waals surface area contributed by atoms with E-state index in [2.05, 4.69) is 143 Å². The Bertz CT molecular complexity index is 3080. The number of aromatic nitrogens is 7. The van der Waals surface area contributed by atoms with Crippen molar-refractivity contribution in [3.05, 3.63) is 188 Å². The van der Waals surface area contributed by atoms with Crippen molar-refractivity contribution in [1.29, 1.82) is 0 Å². The van der Waals surface area contributed by atoms with Crippen LogP contribution in [-0.2, 0) is 0 Å². The Kier molecular flexibility index (Phi) is 8.45. The number of fused-ring (bicyclic) bond motifs is 3. The molecule has 0 unspecified atom stereocenters. The number of benzene rings is 7. The quantitative estimate of drug-likeness (QED) is 0.162. The van der Waals surface area contributed by atoms with E-state index in [-0.39, 0.29) is 0 Å². The van der Waals surface area contributed by atoms with Gasteiger partial charge in [-0.25, -0.2) is 19.9 Å². The molecular weight excluding hydrogens is 699 g/mol. The molecule has 0 aliphatic rings. The molecule has 0 atom stereocenters. The smallest absolute Gasteiger partial charge is 0.238 e. The fourth-order valence-electron chi connectivity index (χ4n) is 7.58. The van der Waals surface area contributed by atoms with Crippen molar-refractivity contribution >= 4 is 21.8 Å². The maximum absolute atomic E-state index is 5.10. The number of aryl methyl sites for hydroxylation is 2. The predicted molar refractivity (Wildman–Crippen MR) is 230 cm³/mol. The molecule has 0 saturated heterocycles. The Morgan fingerprint density at radius 2 is 0.772 bits per heavy atom. The van der Waals surface area contributed by atoms with Gasteiger partial charge in [-0.05, 0) is 89.7 Å². The van der Waals surface area contributed by atoms with E-state index in [0.29, 0.717) is 35.1 Å². The SMILES string of the molecule is Cc1nc(-c2cccc(-c3ccccc3)c2)nc(-c2cc(-c3ccccc3)cc(-c3ccc4c(c3)c3ccccc3n4-c3nc(C)nc(-c4ccccc4)n3)c2)n1. The summed E-state index contributed by atoms with van der Waals surface area (Å²) in [6.07, 6.45) is 0. The van der Waals surface area contributed by atoms with Crippen molar-refractivity contribution in [3.63, 3.8) is 0 Å². The van der Waals surface area contributed by atoms with Crippen LogP contribution in [-0.4, -0.2) is 34.5 Å². The van der Waals surface area contributed by atoms with Gasteiger partial charge in [-0.3, -0.25) is 4.57 Å². The second-order valence-electron chi connectivity index (χ2n) is 14.1. The molecule has 270 valence electrons. The average molecular weight is 734 g/mol. The zero-order valence-corrected chi connectivity index (χ0v) is 31.4. The van der Waals surface area contributed by atoms with Crippen LogP contribution in [0.3, 0.4) is 0 Å². The van der Waals surface area contributed by atoms with Gasteiger partial charge in [0.15, 0.2) is 17.5 Å². The fourth-order valence-corrected chi connectivity index (χ4v) is 7.58. The molecule has 0 radical (unpaired) electrons. The van der Waals surface area contributed by atoms with Crippen LogP contribution in [0.5, 0.6) is 0 Å². The molecule has 7 heteroatoms. The maximum Gasteiger partial charge on any atom is 0.238 e. The third-order valence-corrected chi connectivity index (χ3v) is 10.2. The maximum atomic E-state index is 5.10. The lowest BCUT2D eigenvalue weighted by Crippen LogP contribution is -2.06. The molecule has 0 spiro atoms. The van der Waals surface area contributed by atoms with E-state index in [4.69, 9.17) is 24.9 Å². The standard InChI is InChI=1S/C50H35N7/c1-32-51-48(39-22-14-21-37(27-39)34-15-6-3-7-16-34)55-49(52-32)42-29-40(35-17-8-4-9-18-35)28-41(30-42)38-25-26-46-44(31-38)43-23-12-13-24-45(43)57(46)50-54-33(2)53-47(56-50)36-19-10-5-11-20-36/h3-31H,1-2H3. The Balaban J connectivity index is 1.12. The van der Waals surface area contributed by atoms with E-state index >= 15 is 0 Å². The highest BCUT2D eigenvalue weighted by Crippen LogP contribution is 2.37. The lowest BCUT2D eigenvalue weighted by Gasteiger charge is -2.12. The third kappa shape index (κ3) is 6.51. The molecule has 10 aromatic rings. The highest BCUT2D eigenvalue weighted by molar-refractivity contribution is 6.10. The number of nitrogens with zero attached hydrogens (tertiary/aromatic N) is 7. The van der Waals surface area contributed by atoms with Crippen molar-refractivity contribution in [1.82, 2.24) is 34.5 Å². The lowest BCUT2D eigenvalue weighted by molar-refractivity contribution is 0.907. The number of hydrogen-bond donors (Lipinski definition) is 0. The van der Waals surface area contributed by atoms with E-state index in [9.17, 15) is 0 Å². The van der Waals surface area contributed by atoms with Crippen LogP contribution in [0, 0.1) is 13.8 Å². The molecule has 7 nitrogen and oxygen atoms in total. The van der Waals surface area contributed by atoms with Gasteiger partial charge in [-0.1, -0.05) is 133 Å². The largest absolute Gasteiger partial charge is 0.278 e. The monoisotopic (exact) mass is 733 g/mol. The van der Waals surface area contributed by atoms with Crippen molar-refractivity contribution < 1.29 is 0 Å². The topological polar surface area (TPSA) is 82.3 Å². The van der Waals surface area contributed by atoms with Gasteiger partial charge >= 0.3 is 0 Å². The van der Waals surface area contributed by atoms with E-state index in [1.807, 2.05) is 56.3 Å². The molecule has 0 N–H and O–H groups in total. The molecule has 0 aliphatic carbocycles. The molecular formula is C50H35N7. The summed E-state index contributed by atoms with van der Waals surface area (Å²) in [7, 11) is 0. The second-order valence-corrected chi connectivity index (χ2v) is 14.1. The molecule has 0 aliphatic heterocycles.